The van der Waals surface area contributed by atoms with Crippen LogP contribution in [0.25, 0.3) is 0 Å². The smallest absolute Gasteiger partial charge is 0.343 e. The van der Waals surface area contributed by atoms with E-state index in [-0.39, 0.29) is 24.5 Å². The van der Waals surface area contributed by atoms with Gasteiger partial charge in [-0.1, -0.05) is 43.3 Å². The van der Waals surface area contributed by atoms with Gasteiger partial charge in [-0.25, -0.2) is 9.59 Å². The number of allylic oxidation sites excluding steroid dienone is 1. The fourth-order valence-electron chi connectivity index (χ4n) is 2.52. The van der Waals surface area contributed by atoms with Gasteiger partial charge in [-0.15, -0.1) is 0 Å². The summed E-state index contributed by atoms with van der Waals surface area (Å²) in [4.78, 5) is 28.6. The summed E-state index contributed by atoms with van der Waals surface area (Å²) < 4.78 is 10.4. The maximum atomic E-state index is 12.2. The molecule has 0 aliphatic carbocycles. The topological polar surface area (TPSA) is 85.2 Å². The van der Waals surface area contributed by atoms with Crippen LogP contribution in [-0.2, 0) is 20.9 Å². The third-order valence-electron chi connectivity index (χ3n) is 3.99. The van der Waals surface area contributed by atoms with Gasteiger partial charge in [-0.2, -0.15) is 0 Å². The average Bonchev–Trinajstić information content (AvgIpc) is 2.74. The highest BCUT2D eigenvalue weighted by atomic mass is 16.5. The second kappa shape index (κ2) is 11.4. The Bertz CT molecular complexity index is 887. The summed E-state index contributed by atoms with van der Waals surface area (Å²) in [5, 5.41) is 10.2. The molecular formula is C23H25NO5. The molecule has 152 valence electrons. The number of esters is 2. The van der Waals surface area contributed by atoms with Crippen molar-refractivity contribution in [3.8, 4) is 0 Å². The molecule has 0 amide bonds. The van der Waals surface area contributed by atoms with E-state index < -0.39 is 11.9 Å². The number of hydrogen-bond donors (Lipinski definition) is 1. The number of rotatable bonds is 9. The normalized spacial score (nSPS) is 11.8. The lowest BCUT2D eigenvalue weighted by atomic mass is 10.1. The molecule has 29 heavy (non-hydrogen) atoms. The van der Waals surface area contributed by atoms with Gasteiger partial charge >= 0.3 is 11.9 Å². The van der Waals surface area contributed by atoms with Gasteiger partial charge in [-0.3, -0.25) is 4.99 Å². The fraction of sp³-hybridized carbons (Fsp3) is 0.261. The standard InChI is InChI=1S/C23H25NO5/c1-3-10-21(25)19(23(27)28-4-2)15-24-20-14-9-8-13-18(20)16-29-22(26)17-11-6-5-7-12-17/h5-9,11-15,25H,3-4,10,16H2,1-2H3. The Kier molecular flexibility index (Phi) is 8.63. The molecule has 0 spiro atoms. The summed E-state index contributed by atoms with van der Waals surface area (Å²) in [6, 6.07) is 15.8. The number of carbonyl (C=O) groups excluding carboxylic acids is 2. The van der Waals surface area contributed by atoms with E-state index in [1.807, 2.05) is 13.0 Å². The van der Waals surface area contributed by atoms with Gasteiger partial charge in [0.15, 0.2) is 0 Å². The number of carbonyl (C=O) groups is 2. The van der Waals surface area contributed by atoms with Gasteiger partial charge in [0.2, 0.25) is 0 Å². The molecule has 2 aromatic rings. The first kappa shape index (κ1) is 21.9. The minimum absolute atomic E-state index is 0.0183. The Balaban J connectivity index is 2.19. The van der Waals surface area contributed by atoms with Crippen molar-refractivity contribution in [1.82, 2.24) is 0 Å². The Hall–Kier alpha value is -3.41. The molecule has 0 saturated heterocycles. The van der Waals surface area contributed by atoms with E-state index >= 15 is 0 Å². The van der Waals surface area contributed by atoms with E-state index in [1.54, 1.807) is 55.5 Å². The van der Waals surface area contributed by atoms with Crippen LogP contribution in [0.2, 0.25) is 0 Å². The molecule has 0 fully saturated rings. The Morgan fingerprint density at radius 3 is 2.38 bits per heavy atom. The van der Waals surface area contributed by atoms with Gasteiger partial charge < -0.3 is 14.6 Å². The molecule has 0 heterocycles. The van der Waals surface area contributed by atoms with Crippen LogP contribution in [0.5, 0.6) is 0 Å². The highest BCUT2D eigenvalue weighted by molar-refractivity contribution is 6.10. The molecule has 0 saturated carbocycles. The van der Waals surface area contributed by atoms with Crippen LogP contribution in [0.1, 0.15) is 42.6 Å². The molecular weight excluding hydrogens is 370 g/mol. The number of ether oxygens (including phenoxy) is 2. The SMILES string of the molecule is CCCC(O)=C(C=Nc1ccccc1COC(=O)c1ccccc1)C(=O)OCC. The zero-order valence-electron chi connectivity index (χ0n) is 16.6. The van der Waals surface area contributed by atoms with E-state index in [0.717, 1.165) is 0 Å². The largest absolute Gasteiger partial charge is 0.511 e. The monoisotopic (exact) mass is 395 g/mol. The first-order valence-electron chi connectivity index (χ1n) is 9.50. The minimum atomic E-state index is -0.629. The summed E-state index contributed by atoms with van der Waals surface area (Å²) in [5.41, 5.74) is 1.68. The number of aliphatic imine (C=N–C) groups is 1. The van der Waals surface area contributed by atoms with Crippen LogP contribution in [0.4, 0.5) is 5.69 Å². The van der Waals surface area contributed by atoms with Gasteiger partial charge in [0.05, 0.1) is 17.9 Å². The Labute approximate surface area is 170 Å². The maximum Gasteiger partial charge on any atom is 0.343 e. The maximum absolute atomic E-state index is 12.2. The quantitative estimate of drug-likeness (QED) is 0.282. The molecule has 2 aromatic carbocycles. The lowest BCUT2D eigenvalue weighted by molar-refractivity contribution is -0.138. The highest BCUT2D eigenvalue weighted by Gasteiger charge is 2.15. The van der Waals surface area contributed by atoms with Crippen molar-refractivity contribution in [2.75, 3.05) is 6.61 Å². The van der Waals surface area contributed by atoms with Crippen molar-refractivity contribution in [1.29, 1.82) is 0 Å². The predicted molar refractivity (Wildman–Crippen MR) is 111 cm³/mol. The number of aliphatic hydroxyl groups is 1. The highest BCUT2D eigenvalue weighted by Crippen LogP contribution is 2.21. The van der Waals surface area contributed by atoms with Crippen LogP contribution in [0, 0.1) is 0 Å². The lowest BCUT2D eigenvalue weighted by Gasteiger charge is -2.08. The van der Waals surface area contributed by atoms with Gasteiger partial charge in [0, 0.05) is 18.2 Å². The molecule has 0 bridgehead atoms. The van der Waals surface area contributed by atoms with Crippen LogP contribution in [-0.4, -0.2) is 29.9 Å². The molecule has 0 unspecified atom stereocenters. The first-order chi connectivity index (χ1) is 14.1. The first-order valence-corrected chi connectivity index (χ1v) is 9.50. The van der Waals surface area contributed by atoms with Crippen LogP contribution >= 0.6 is 0 Å². The predicted octanol–water partition coefficient (Wildman–Crippen LogP) is 4.92. The van der Waals surface area contributed by atoms with Crippen molar-refractivity contribution in [3.63, 3.8) is 0 Å². The average molecular weight is 395 g/mol. The van der Waals surface area contributed by atoms with E-state index in [0.29, 0.717) is 29.7 Å². The second-order valence-corrected chi connectivity index (χ2v) is 6.16. The molecule has 0 aliphatic rings. The van der Waals surface area contributed by atoms with Crippen LogP contribution in [0.3, 0.4) is 0 Å². The van der Waals surface area contributed by atoms with E-state index in [2.05, 4.69) is 4.99 Å². The van der Waals surface area contributed by atoms with Crippen molar-refractivity contribution in [2.24, 2.45) is 4.99 Å². The summed E-state index contributed by atoms with van der Waals surface area (Å²) in [6.45, 7) is 3.81. The number of hydrogen-bond acceptors (Lipinski definition) is 6. The number of para-hydroxylation sites is 1. The molecule has 1 N–H and O–H groups in total. The molecule has 0 aromatic heterocycles. The van der Waals surface area contributed by atoms with E-state index in [1.165, 1.54) is 6.21 Å². The number of aliphatic hydroxyl groups excluding tert-OH is 1. The molecule has 0 aliphatic heterocycles. The van der Waals surface area contributed by atoms with Crippen molar-refractivity contribution in [3.05, 3.63) is 77.1 Å². The molecule has 0 atom stereocenters. The molecule has 6 nitrogen and oxygen atoms in total. The third kappa shape index (κ3) is 6.60. The summed E-state index contributed by atoms with van der Waals surface area (Å²) >= 11 is 0. The van der Waals surface area contributed by atoms with Crippen LogP contribution < -0.4 is 0 Å². The zero-order valence-corrected chi connectivity index (χ0v) is 16.6. The molecule has 6 heteroatoms. The van der Waals surface area contributed by atoms with E-state index in [4.69, 9.17) is 9.47 Å². The Morgan fingerprint density at radius 1 is 1.00 bits per heavy atom. The van der Waals surface area contributed by atoms with Crippen molar-refractivity contribution >= 4 is 23.8 Å². The lowest BCUT2D eigenvalue weighted by Crippen LogP contribution is -2.11. The van der Waals surface area contributed by atoms with Crippen molar-refractivity contribution < 1.29 is 24.2 Å². The zero-order chi connectivity index (χ0) is 21.1. The van der Waals surface area contributed by atoms with Gasteiger partial charge in [0.1, 0.15) is 17.9 Å². The number of nitrogens with zero attached hydrogens (tertiary/aromatic N) is 1. The van der Waals surface area contributed by atoms with Gasteiger partial charge in [0.25, 0.3) is 0 Å². The third-order valence-corrected chi connectivity index (χ3v) is 3.99. The second-order valence-electron chi connectivity index (χ2n) is 6.16. The fourth-order valence-corrected chi connectivity index (χ4v) is 2.52. The molecule has 0 radical (unpaired) electrons. The summed E-state index contributed by atoms with van der Waals surface area (Å²) in [5.74, 6) is -1.13. The summed E-state index contributed by atoms with van der Waals surface area (Å²) in [6.07, 6.45) is 2.31. The minimum Gasteiger partial charge on any atom is -0.511 e. The number of benzene rings is 2. The van der Waals surface area contributed by atoms with Crippen LogP contribution in [0.15, 0.2) is 70.9 Å². The molecule has 2 rings (SSSR count). The Morgan fingerprint density at radius 2 is 1.69 bits per heavy atom. The van der Waals surface area contributed by atoms with Gasteiger partial charge in [-0.05, 0) is 31.5 Å². The summed E-state index contributed by atoms with van der Waals surface area (Å²) in [7, 11) is 0. The van der Waals surface area contributed by atoms with Crippen molar-refractivity contribution in [2.45, 2.75) is 33.3 Å². The van der Waals surface area contributed by atoms with E-state index in [9.17, 15) is 14.7 Å².